The zero-order valence-electron chi connectivity index (χ0n) is 12.4. The molecule has 1 aliphatic heterocycles. The standard InChI is InChI=1S/C19H25N/c1-3-4-9-14(2)19-17-12-6-5-10-15(17)16-11-7-8-13-18(16)20-19/h3,6,12,16,18H,1-2,4-5,7-11,13H2. The molecule has 106 valence electrons. The van der Waals surface area contributed by atoms with Crippen molar-refractivity contribution in [3.8, 4) is 0 Å². The van der Waals surface area contributed by atoms with Crippen molar-refractivity contribution in [1.29, 1.82) is 0 Å². The van der Waals surface area contributed by atoms with Gasteiger partial charge in [-0.1, -0.05) is 43.2 Å². The lowest BCUT2D eigenvalue weighted by molar-refractivity contribution is 0.337. The van der Waals surface area contributed by atoms with Crippen LogP contribution in [-0.4, -0.2) is 11.8 Å². The molecule has 1 fully saturated rings. The van der Waals surface area contributed by atoms with Gasteiger partial charge in [-0.05, 0) is 49.7 Å². The number of hydrogen-bond donors (Lipinski definition) is 0. The van der Waals surface area contributed by atoms with Gasteiger partial charge in [-0.3, -0.25) is 4.99 Å². The van der Waals surface area contributed by atoms with Crippen molar-refractivity contribution in [2.24, 2.45) is 10.9 Å². The summed E-state index contributed by atoms with van der Waals surface area (Å²) in [6.07, 6.45) is 16.3. The van der Waals surface area contributed by atoms with E-state index in [0.717, 1.165) is 18.8 Å². The van der Waals surface area contributed by atoms with Crippen LogP contribution in [0.25, 0.3) is 0 Å². The number of dihydropyridines is 1. The van der Waals surface area contributed by atoms with Crippen molar-refractivity contribution < 1.29 is 0 Å². The Kier molecular flexibility index (Phi) is 4.05. The Morgan fingerprint density at radius 2 is 2.20 bits per heavy atom. The quantitative estimate of drug-likeness (QED) is 0.623. The molecule has 0 bridgehead atoms. The minimum absolute atomic E-state index is 0.532. The zero-order chi connectivity index (χ0) is 13.9. The van der Waals surface area contributed by atoms with E-state index in [-0.39, 0.29) is 0 Å². The highest BCUT2D eigenvalue weighted by Crippen LogP contribution is 2.42. The lowest BCUT2D eigenvalue weighted by Crippen LogP contribution is -2.32. The summed E-state index contributed by atoms with van der Waals surface area (Å²) in [5, 5.41) is 0. The number of fused-ring (bicyclic) bond motifs is 2. The van der Waals surface area contributed by atoms with E-state index in [2.05, 4.69) is 25.3 Å². The van der Waals surface area contributed by atoms with Crippen molar-refractivity contribution in [2.75, 3.05) is 0 Å². The second-order valence-electron chi connectivity index (χ2n) is 6.25. The van der Waals surface area contributed by atoms with E-state index < -0.39 is 0 Å². The molecule has 0 radical (unpaired) electrons. The van der Waals surface area contributed by atoms with Gasteiger partial charge >= 0.3 is 0 Å². The Hall–Kier alpha value is -1.37. The fourth-order valence-corrected chi connectivity index (χ4v) is 3.88. The summed E-state index contributed by atoms with van der Waals surface area (Å²) in [5.74, 6) is 0.722. The van der Waals surface area contributed by atoms with Crippen LogP contribution in [-0.2, 0) is 0 Å². The van der Waals surface area contributed by atoms with E-state index >= 15 is 0 Å². The molecule has 1 nitrogen and oxygen atoms in total. The van der Waals surface area contributed by atoms with Crippen LogP contribution < -0.4 is 0 Å². The van der Waals surface area contributed by atoms with Gasteiger partial charge < -0.3 is 0 Å². The summed E-state index contributed by atoms with van der Waals surface area (Å²) in [5.41, 5.74) is 5.50. The molecule has 3 aliphatic rings. The molecule has 2 unspecified atom stereocenters. The van der Waals surface area contributed by atoms with Crippen LogP contribution in [0.2, 0.25) is 0 Å². The van der Waals surface area contributed by atoms with Crippen LogP contribution in [0.4, 0.5) is 0 Å². The average Bonchev–Trinajstić information content (AvgIpc) is 2.52. The van der Waals surface area contributed by atoms with Gasteiger partial charge in [-0.2, -0.15) is 0 Å². The van der Waals surface area contributed by atoms with E-state index in [1.54, 1.807) is 5.57 Å². The van der Waals surface area contributed by atoms with Crippen LogP contribution in [0.3, 0.4) is 0 Å². The predicted molar refractivity (Wildman–Crippen MR) is 87.2 cm³/mol. The first kappa shape index (κ1) is 13.6. The van der Waals surface area contributed by atoms with Crippen LogP contribution in [0, 0.1) is 5.92 Å². The number of aliphatic imine (C=N–C) groups is 1. The summed E-state index contributed by atoms with van der Waals surface area (Å²) < 4.78 is 0. The number of hydrogen-bond acceptors (Lipinski definition) is 1. The Bertz CT molecular complexity index is 504. The molecule has 2 aliphatic carbocycles. The maximum absolute atomic E-state index is 5.11. The molecule has 1 saturated carbocycles. The fourth-order valence-electron chi connectivity index (χ4n) is 3.88. The maximum Gasteiger partial charge on any atom is 0.0675 e. The van der Waals surface area contributed by atoms with Crippen molar-refractivity contribution in [1.82, 2.24) is 0 Å². The summed E-state index contributed by atoms with van der Waals surface area (Å²) in [6, 6.07) is 0.532. The molecule has 0 aromatic rings. The topological polar surface area (TPSA) is 12.4 Å². The van der Waals surface area contributed by atoms with Crippen molar-refractivity contribution in [2.45, 2.75) is 57.4 Å². The maximum atomic E-state index is 5.11. The molecular weight excluding hydrogens is 242 g/mol. The minimum Gasteiger partial charge on any atom is -0.281 e. The third kappa shape index (κ3) is 2.46. The Labute approximate surface area is 122 Å². The first-order valence-electron chi connectivity index (χ1n) is 8.08. The third-order valence-corrected chi connectivity index (χ3v) is 4.92. The monoisotopic (exact) mass is 267 g/mol. The van der Waals surface area contributed by atoms with Gasteiger partial charge in [0, 0.05) is 5.92 Å². The van der Waals surface area contributed by atoms with Gasteiger partial charge in [0.25, 0.3) is 0 Å². The normalized spacial score (nSPS) is 28.5. The third-order valence-electron chi connectivity index (χ3n) is 4.92. The molecule has 3 rings (SSSR count). The number of allylic oxidation sites excluding steroid dienone is 5. The van der Waals surface area contributed by atoms with Crippen LogP contribution in [0.1, 0.15) is 51.4 Å². The first-order valence-corrected chi connectivity index (χ1v) is 8.08. The van der Waals surface area contributed by atoms with Crippen LogP contribution >= 0.6 is 0 Å². The van der Waals surface area contributed by atoms with Gasteiger partial charge in [0.1, 0.15) is 0 Å². The van der Waals surface area contributed by atoms with E-state index in [0.29, 0.717) is 6.04 Å². The van der Waals surface area contributed by atoms with Gasteiger partial charge in [0.05, 0.1) is 11.8 Å². The molecule has 0 N–H and O–H groups in total. The molecule has 0 spiro atoms. The predicted octanol–water partition coefficient (Wildman–Crippen LogP) is 5.17. The SMILES string of the molecule is C=CCCC(=C)C1=NC2CCCCC2C2=C1C=CCC2. The molecule has 0 aromatic carbocycles. The van der Waals surface area contributed by atoms with E-state index in [4.69, 9.17) is 4.99 Å². The summed E-state index contributed by atoms with van der Waals surface area (Å²) in [7, 11) is 0. The Morgan fingerprint density at radius 3 is 3.05 bits per heavy atom. The van der Waals surface area contributed by atoms with Crippen molar-refractivity contribution >= 4 is 5.71 Å². The highest BCUT2D eigenvalue weighted by molar-refractivity contribution is 6.15. The van der Waals surface area contributed by atoms with Crippen LogP contribution in [0.5, 0.6) is 0 Å². The molecule has 0 saturated heterocycles. The van der Waals surface area contributed by atoms with Crippen molar-refractivity contribution in [3.05, 3.63) is 48.1 Å². The van der Waals surface area contributed by atoms with Crippen molar-refractivity contribution in [3.63, 3.8) is 0 Å². The average molecular weight is 267 g/mol. The molecule has 0 aromatic heterocycles. The first-order chi connectivity index (χ1) is 9.81. The number of rotatable bonds is 4. The lowest BCUT2D eigenvalue weighted by Gasteiger charge is -2.38. The molecule has 1 heterocycles. The minimum atomic E-state index is 0.532. The highest BCUT2D eigenvalue weighted by atomic mass is 14.8. The largest absolute Gasteiger partial charge is 0.281 e. The van der Waals surface area contributed by atoms with Gasteiger partial charge in [0.2, 0.25) is 0 Å². The second kappa shape index (κ2) is 5.95. The van der Waals surface area contributed by atoms with E-state index in [9.17, 15) is 0 Å². The smallest absolute Gasteiger partial charge is 0.0675 e. The Morgan fingerprint density at radius 1 is 1.35 bits per heavy atom. The van der Waals surface area contributed by atoms with Gasteiger partial charge in [-0.15, -0.1) is 6.58 Å². The van der Waals surface area contributed by atoms with Gasteiger partial charge in [0.15, 0.2) is 0 Å². The molecule has 0 amide bonds. The Balaban J connectivity index is 1.93. The van der Waals surface area contributed by atoms with Gasteiger partial charge in [-0.25, -0.2) is 0 Å². The summed E-state index contributed by atoms with van der Waals surface area (Å²) >= 11 is 0. The van der Waals surface area contributed by atoms with Crippen LogP contribution in [0.15, 0.2) is 53.1 Å². The lowest BCUT2D eigenvalue weighted by atomic mass is 9.72. The summed E-state index contributed by atoms with van der Waals surface area (Å²) in [6.45, 7) is 8.12. The second-order valence-corrected chi connectivity index (χ2v) is 6.25. The van der Waals surface area contributed by atoms with E-state index in [1.165, 1.54) is 55.4 Å². The number of nitrogens with zero attached hydrogens (tertiary/aromatic N) is 1. The van der Waals surface area contributed by atoms with E-state index in [1.807, 2.05) is 6.08 Å². The molecule has 2 atom stereocenters. The molecular formula is C19H25N. The highest BCUT2D eigenvalue weighted by Gasteiger charge is 2.34. The fraction of sp³-hybridized carbons (Fsp3) is 0.526. The summed E-state index contributed by atoms with van der Waals surface area (Å²) in [4.78, 5) is 5.11. The zero-order valence-corrected chi connectivity index (χ0v) is 12.4. The molecule has 20 heavy (non-hydrogen) atoms. The molecule has 1 heteroatoms.